The second-order valence-electron chi connectivity index (χ2n) is 4.09. The fourth-order valence-electron chi connectivity index (χ4n) is 2.48. The predicted octanol–water partition coefficient (Wildman–Crippen LogP) is -0.360. The van der Waals surface area contributed by atoms with E-state index in [1.807, 2.05) is 0 Å². The first-order chi connectivity index (χ1) is 4.62. The maximum Gasteiger partial charge on any atom is 1.00 e. The molecule has 3 heteroatoms. The molecule has 2 bridgehead atoms. The average molecular weight is 374 g/mol. The van der Waals surface area contributed by atoms with Crippen LogP contribution in [0.25, 0.3) is 0 Å². The van der Waals surface area contributed by atoms with Crippen molar-refractivity contribution in [3.63, 3.8) is 0 Å². The van der Waals surface area contributed by atoms with Crippen molar-refractivity contribution in [3.8, 4) is 0 Å². The number of allylic oxidation sites excluding steroid dienone is 2. The van der Waals surface area contributed by atoms with E-state index in [0.29, 0.717) is 11.2 Å². The Hall–Kier alpha value is 0.765. The second kappa shape index (κ2) is 3.87. The number of hydrogen-bond acceptors (Lipinski definition) is 1. The Morgan fingerprint density at radius 2 is 2.00 bits per heavy atom. The normalized spacial score (nSPS) is 29.7. The molecule has 0 aromatic heterocycles. The SMILES string of the molecule is CC1(C)C2=C(O)CC1CC2.[Cl-].[Hg+]. The fourth-order valence-corrected chi connectivity index (χ4v) is 2.48. The van der Waals surface area contributed by atoms with Crippen LogP contribution in [0.2, 0.25) is 0 Å². The molecule has 0 aliphatic heterocycles. The number of rotatable bonds is 0. The summed E-state index contributed by atoms with van der Waals surface area (Å²) in [5.74, 6) is 1.43. The van der Waals surface area contributed by atoms with Crippen LogP contribution in [0.3, 0.4) is 0 Å². The minimum atomic E-state index is 0. The monoisotopic (exact) mass is 375 g/mol. The smallest absolute Gasteiger partial charge is 1.00 e. The molecule has 1 radical (unpaired) electrons. The Morgan fingerprint density at radius 1 is 1.42 bits per heavy atom. The maximum atomic E-state index is 9.43. The van der Waals surface area contributed by atoms with Gasteiger partial charge in [0.15, 0.2) is 0 Å². The average Bonchev–Trinajstić information content (AvgIpc) is 2.20. The van der Waals surface area contributed by atoms with Gasteiger partial charge < -0.3 is 17.5 Å². The van der Waals surface area contributed by atoms with E-state index in [9.17, 15) is 5.11 Å². The van der Waals surface area contributed by atoms with Crippen molar-refractivity contribution in [1.82, 2.24) is 0 Å². The molecule has 0 heterocycles. The summed E-state index contributed by atoms with van der Waals surface area (Å²) in [6, 6.07) is 0. The molecular weight excluding hydrogens is 360 g/mol. The fraction of sp³-hybridized carbons (Fsp3) is 0.778. The molecule has 0 saturated heterocycles. The van der Waals surface area contributed by atoms with Crippen molar-refractivity contribution in [1.29, 1.82) is 0 Å². The molecule has 0 amide bonds. The van der Waals surface area contributed by atoms with Crippen LogP contribution in [0.1, 0.15) is 33.1 Å². The summed E-state index contributed by atoms with van der Waals surface area (Å²) in [7, 11) is 0. The first-order valence-electron chi connectivity index (χ1n) is 4.04. The van der Waals surface area contributed by atoms with Crippen molar-refractivity contribution in [2.75, 3.05) is 0 Å². The van der Waals surface area contributed by atoms with E-state index in [1.165, 1.54) is 12.0 Å². The van der Waals surface area contributed by atoms with Crippen LogP contribution in [-0.2, 0) is 27.7 Å². The van der Waals surface area contributed by atoms with Crippen molar-refractivity contribution in [2.24, 2.45) is 11.3 Å². The molecule has 65 valence electrons. The third-order valence-electron chi connectivity index (χ3n) is 3.33. The van der Waals surface area contributed by atoms with Gasteiger partial charge in [-0.1, -0.05) is 13.8 Å². The third-order valence-corrected chi connectivity index (χ3v) is 3.33. The van der Waals surface area contributed by atoms with Gasteiger partial charge in [-0.25, -0.2) is 0 Å². The van der Waals surface area contributed by atoms with E-state index in [0.717, 1.165) is 18.8 Å². The third kappa shape index (κ3) is 1.55. The van der Waals surface area contributed by atoms with Crippen molar-refractivity contribution >= 4 is 0 Å². The van der Waals surface area contributed by atoms with Gasteiger partial charge in [0.1, 0.15) is 0 Å². The molecule has 2 aliphatic rings. The van der Waals surface area contributed by atoms with Crippen LogP contribution in [0.15, 0.2) is 11.3 Å². The molecule has 1 N–H and O–H groups in total. The molecule has 1 nitrogen and oxygen atoms in total. The number of aliphatic hydroxyl groups is 1. The van der Waals surface area contributed by atoms with Gasteiger partial charge in [0.25, 0.3) is 0 Å². The van der Waals surface area contributed by atoms with Crippen LogP contribution >= 0.6 is 0 Å². The van der Waals surface area contributed by atoms with Gasteiger partial charge in [0, 0.05) is 6.42 Å². The molecule has 1 unspecified atom stereocenters. The molecule has 0 aromatic rings. The summed E-state index contributed by atoms with van der Waals surface area (Å²) >= 11 is 0. The summed E-state index contributed by atoms with van der Waals surface area (Å²) in [6.07, 6.45) is 3.39. The summed E-state index contributed by atoms with van der Waals surface area (Å²) < 4.78 is 0. The zero-order valence-corrected chi connectivity index (χ0v) is 14.0. The van der Waals surface area contributed by atoms with Gasteiger partial charge in [-0.2, -0.15) is 0 Å². The Balaban J connectivity index is 0.000000605. The summed E-state index contributed by atoms with van der Waals surface area (Å²) in [5, 5.41) is 9.43. The molecule has 0 aromatic carbocycles. The van der Waals surface area contributed by atoms with Crippen LogP contribution in [0.4, 0.5) is 0 Å². The van der Waals surface area contributed by atoms with E-state index in [2.05, 4.69) is 13.8 Å². The Morgan fingerprint density at radius 3 is 2.17 bits per heavy atom. The van der Waals surface area contributed by atoms with Crippen LogP contribution in [0, 0.1) is 11.3 Å². The first-order valence-corrected chi connectivity index (χ1v) is 4.04. The van der Waals surface area contributed by atoms with Crippen molar-refractivity contribution in [2.45, 2.75) is 33.1 Å². The first kappa shape index (κ1) is 12.8. The van der Waals surface area contributed by atoms with Crippen molar-refractivity contribution in [3.05, 3.63) is 11.3 Å². The van der Waals surface area contributed by atoms with Gasteiger partial charge in [0.2, 0.25) is 0 Å². The topological polar surface area (TPSA) is 20.2 Å². The molecular formula is C9H14ClHgO. The molecule has 0 spiro atoms. The molecule has 1 fully saturated rings. The summed E-state index contributed by atoms with van der Waals surface area (Å²) in [4.78, 5) is 0. The van der Waals surface area contributed by atoms with Crippen LogP contribution in [0.5, 0.6) is 0 Å². The molecule has 1 atom stereocenters. The molecule has 2 aliphatic carbocycles. The Kier molecular flexibility index (Phi) is 4.12. The summed E-state index contributed by atoms with van der Waals surface area (Å²) in [6.45, 7) is 4.51. The van der Waals surface area contributed by atoms with Crippen LogP contribution < -0.4 is 12.4 Å². The summed E-state index contributed by atoms with van der Waals surface area (Å²) in [5.41, 5.74) is 1.65. The van der Waals surface area contributed by atoms with E-state index in [4.69, 9.17) is 0 Å². The quantitative estimate of drug-likeness (QED) is 0.575. The van der Waals surface area contributed by atoms with Gasteiger partial charge in [-0.05, 0) is 29.7 Å². The number of fused-ring (bicyclic) bond motifs is 2. The van der Waals surface area contributed by atoms with Crippen molar-refractivity contribution < 1.29 is 45.2 Å². The van der Waals surface area contributed by atoms with Gasteiger partial charge >= 0.3 is 27.7 Å². The number of halogens is 1. The number of hydrogen-bond donors (Lipinski definition) is 1. The molecule has 12 heavy (non-hydrogen) atoms. The van der Waals surface area contributed by atoms with Gasteiger partial charge in [-0.15, -0.1) is 0 Å². The zero-order valence-electron chi connectivity index (χ0n) is 7.73. The maximum absolute atomic E-state index is 9.43. The van der Waals surface area contributed by atoms with E-state index >= 15 is 0 Å². The number of aliphatic hydroxyl groups excluding tert-OH is 1. The standard InChI is InChI=1S/C9H14O.ClH.Hg/c1-9(2)6-3-4-7(9)8(10)5-6;;/h6,10H,3-5H2,1-2H3;1H;/q;;+1/p-1. The second-order valence-corrected chi connectivity index (χ2v) is 4.09. The van der Waals surface area contributed by atoms with E-state index in [1.54, 1.807) is 0 Å². The zero-order chi connectivity index (χ0) is 7.35. The van der Waals surface area contributed by atoms with E-state index < -0.39 is 0 Å². The Labute approximate surface area is 101 Å². The van der Waals surface area contributed by atoms with Crippen LogP contribution in [-0.4, -0.2) is 5.11 Å². The van der Waals surface area contributed by atoms with E-state index in [-0.39, 0.29) is 40.1 Å². The minimum absolute atomic E-state index is 0. The van der Waals surface area contributed by atoms with Gasteiger partial charge in [0.05, 0.1) is 5.76 Å². The molecule has 1 saturated carbocycles. The molecule has 2 rings (SSSR count). The predicted molar refractivity (Wildman–Crippen MR) is 40.8 cm³/mol. The van der Waals surface area contributed by atoms with Gasteiger partial charge in [-0.3, -0.25) is 0 Å². The minimum Gasteiger partial charge on any atom is -1.00 e. The Bertz CT molecular complexity index is 211. The largest absolute Gasteiger partial charge is 1.00 e.